The molecule has 0 atom stereocenters. The first-order valence-corrected chi connectivity index (χ1v) is 6.83. The highest BCUT2D eigenvalue weighted by Crippen LogP contribution is 2.16. The third kappa shape index (κ3) is 6.33. The van der Waals surface area contributed by atoms with Crippen molar-refractivity contribution in [3.8, 4) is 0 Å². The lowest BCUT2D eigenvalue weighted by Gasteiger charge is -2.19. The second-order valence-corrected chi connectivity index (χ2v) is 6.88. The number of rotatable bonds is 3. The van der Waals surface area contributed by atoms with Gasteiger partial charge in [0.05, 0.1) is 12.1 Å². The summed E-state index contributed by atoms with van der Waals surface area (Å²) in [6.45, 7) is 10.9. The lowest BCUT2D eigenvalue weighted by atomic mass is 9.96. The molecule has 0 spiro atoms. The molecule has 116 valence electrons. The minimum Gasteiger partial charge on any atom is -0.460 e. The van der Waals surface area contributed by atoms with Crippen LogP contribution in [-0.2, 0) is 20.7 Å². The molecule has 0 saturated carbocycles. The van der Waals surface area contributed by atoms with Crippen molar-refractivity contribution in [3.63, 3.8) is 0 Å². The van der Waals surface area contributed by atoms with Crippen LogP contribution < -0.4 is 5.32 Å². The van der Waals surface area contributed by atoms with Gasteiger partial charge in [0.1, 0.15) is 5.60 Å². The zero-order valence-corrected chi connectivity index (χ0v) is 13.5. The number of hydrogen-bond acceptors (Lipinski definition) is 5. The van der Waals surface area contributed by atoms with Gasteiger partial charge < -0.3 is 10.1 Å². The molecule has 1 aromatic heterocycles. The third-order valence-electron chi connectivity index (χ3n) is 2.39. The van der Waals surface area contributed by atoms with E-state index in [2.05, 4.69) is 15.5 Å². The fourth-order valence-electron chi connectivity index (χ4n) is 1.35. The zero-order chi connectivity index (χ0) is 16.3. The summed E-state index contributed by atoms with van der Waals surface area (Å²) in [7, 11) is 0. The highest BCUT2D eigenvalue weighted by atomic mass is 16.6. The van der Waals surface area contributed by atoms with Crippen molar-refractivity contribution in [2.45, 2.75) is 53.6 Å². The maximum Gasteiger partial charge on any atom is 0.312 e. The number of nitrogens with one attached hydrogen (secondary N) is 1. The van der Waals surface area contributed by atoms with Gasteiger partial charge in [-0.3, -0.25) is 9.59 Å². The van der Waals surface area contributed by atoms with Crippen LogP contribution >= 0.6 is 0 Å². The number of aromatic nitrogens is 2. The van der Waals surface area contributed by atoms with E-state index in [9.17, 15) is 9.59 Å². The average Bonchev–Trinajstić information content (AvgIpc) is 2.27. The highest BCUT2D eigenvalue weighted by Gasteiger charge is 2.22. The highest BCUT2D eigenvalue weighted by molar-refractivity contribution is 5.93. The molecular weight excluding hydrogens is 270 g/mol. The first-order chi connectivity index (χ1) is 9.47. The van der Waals surface area contributed by atoms with Crippen LogP contribution in [0.15, 0.2) is 12.1 Å². The van der Waals surface area contributed by atoms with Gasteiger partial charge in [0.25, 0.3) is 0 Å². The topological polar surface area (TPSA) is 81.2 Å². The van der Waals surface area contributed by atoms with Gasteiger partial charge in [0.2, 0.25) is 5.91 Å². The molecule has 0 aliphatic carbocycles. The van der Waals surface area contributed by atoms with Crippen LogP contribution in [0.2, 0.25) is 0 Å². The molecule has 1 heterocycles. The van der Waals surface area contributed by atoms with Crippen molar-refractivity contribution in [3.05, 3.63) is 17.8 Å². The Morgan fingerprint density at radius 2 is 1.71 bits per heavy atom. The maximum absolute atomic E-state index is 11.8. The Balaban J connectivity index is 2.63. The summed E-state index contributed by atoms with van der Waals surface area (Å²) in [5.41, 5.74) is -0.528. The van der Waals surface area contributed by atoms with E-state index in [4.69, 9.17) is 4.74 Å². The normalized spacial score (nSPS) is 11.9. The van der Waals surface area contributed by atoms with Crippen LogP contribution in [0.3, 0.4) is 0 Å². The molecule has 0 radical (unpaired) electrons. The minimum atomic E-state index is -0.523. The fraction of sp³-hybridized carbons (Fsp3) is 0.600. The molecule has 6 nitrogen and oxygen atoms in total. The Hall–Kier alpha value is -1.98. The Labute approximate surface area is 125 Å². The molecule has 6 heteroatoms. The summed E-state index contributed by atoms with van der Waals surface area (Å²) in [6.07, 6.45) is 0.0533. The molecule has 0 aliphatic heterocycles. The Morgan fingerprint density at radius 3 is 2.14 bits per heavy atom. The number of carbonyl (C=O) groups is 2. The van der Waals surface area contributed by atoms with Crippen LogP contribution in [0.5, 0.6) is 0 Å². The molecule has 0 fully saturated rings. The number of amides is 1. The van der Waals surface area contributed by atoms with Crippen LogP contribution in [0.1, 0.15) is 47.2 Å². The summed E-state index contributed by atoms with van der Waals surface area (Å²) in [6, 6.07) is 3.27. The predicted octanol–water partition coefficient (Wildman–Crippen LogP) is 2.35. The molecule has 0 aromatic carbocycles. The summed E-state index contributed by atoms with van der Waals surface area (Å²) in [5.74, 6) is -0.136. The number of esters is 1. The SMILES string of the molecule is CC(C)(C)OC(=O)Cc1ccc(NC(=O)C(C)(C)C)nn1. The van der Waals surface area contributed by atoms with E-state index < -0.39 is 11.0 Å². The smallest absolute Gasteiger partial charge is 0.312 e. The lowest BCUT2D eigenvalue weighted by molar-refractivity contribution is -0.154. The van der Waals surface area contributed by atoms with Crippen molar-refractivity contribution in [2.75, 3.05) is 5.32 Å². The van der Waals surface area contributed by atoms with Crippen LogP contribution in [0.25, 0.3) is 0 Å². The quantitative estimate of drug-likeness (QED) is 0.865. The van der Waals surface area contributed by atoms with Gasteiger partial charge in [-0.15, -0.1) is 5.10 Å². The molecule has 21 heavy (non-hydrogen) atoms. The van der Waals surface area contributed by atoms with Crippen molar-refractivity contribution in [1.82, 2.24) is 10.2 Å². The lowest BCUT2D eigenvalue weighted by Crippen LogP contribution is -2.28. The van der Waals surface area contributed by atoms with E-state index in [1.807, 2.05) is 41.5 Å². The standard InChI is InChI=1S/C15H23N3O3/c1-14(2,3)13(20)16-11-8-7-10(17-18-11)9-12(19)21-15(4,5)6/h7-8H,9H2,1-6H3,(H,16,18,20). The largest absolute Gasteiger partial charge is 0.460 e. The molecule has 0 saturated heterocycles. The Bertz CT molecular complexity index is 510. The second-order valence-electron chi connectivity index (χ2n) is 6.88. The monoisotopic (exact) mass is 293 g/mol. The number of ether oxygens (including phenoxy) is 1. The third-order valence-corrected chi connectivity index (χ3v) is 2.39. The van der Waals surface area contributed by atoms with Crippen molar-refractivity contribution < 1.29 is 14.3 Å². The molecule has 0 bridgehead atoms. The van der Waals surface area contributed by atoms with Gasteiger partial charge in [-0.25, -0.2) is 0 Å². The molecule has 1 amide bonds. The summed E-state index contributed by atoms with van der Waals surface area (Å²) in [5, 5.41) is 10.5. The van der Waals surface area contributed by atoms with Crippen LogP contribution in [0.4, 0.5) is 5.82 Å². The van der Waals surface area contributed by atoms with E-state index in [0.29, 0.717) is 11.5 Å². The summed E-state index contributed by atoms with van der Waals surface area (Å²) in [4.78, 5) is 23.5. The molecule has 0 unspecified atom stereocenters. The number of hydrogen-bond donors (Lipinski definition) is 1. The first kappa shape index (κ1) is 17.1. The average molecular weight is 293 g/mol. The van der Waals surface area contributed by atoms with Gasteiger partial charge in [-0.05, 0) is 32.9 Å². The van der Waals surface area contributed by atoms with E-state index in [0.717, 1.165) is 0 Å². The molecule has 1 rings (SSSR count). The van der Waals surface area contributed by atoms with E-state index in [1.165, 1.54) is 0 Å². The predicted molar refractivity (Wildman–Crippen MR) is 79.7 cm³/mol. The minimum absolute atomic E-state index is 0.0533. The van der Waals surface area contributed by atoms with Crippen LogP contribution in [0, 0.1) is 5.41 Å². The van der Waals surface area contributed by atoms with Crippen molar-refractivity contribution in [1.29, 1.82) is 0 Å². The summed E-state index contributed by atoms with van der Waals surface area (Å²) < 4.78 is 5.20. The number of nitrogens with zero attached hydrogens (tertiary/aromatic N) is 2. The first-order valence-electron chi connectivity index (χ1n) is 6.83. The van der Waals surface area contributed by atoms with Crippen molar-refractivity contribution in [2.24, 2.45) is 5.41 Å². The van der Waals surface area contributed by atoms with Gasteiger partial charge in [-0.2, -0.15) is 5.10 Å². The maximum atomic E-state index is 11.8. The van der Waals surface area contributed by atoms with Gasteiger partial charge in [-0.1, -0.05) is 20.8 Å². The Morgan fingerprint density at radius 1 is 1.10 bits per heavy atom. The molecule has 1 aromatic rings. The van der Waals surface area contributed by atoms with E-state index in [1.54, 1.807) is 12.1 Å². The fourth-order valence-corrected chi connectivity index (χ4v) is 1.35. The van der Waals surface area contributed by atoms with Gasteiger partial charge in [0.15, 0.2) is 5.82 Å². The van der Waals surface area contributed by atoms with E-state index >= 15 is 0 Å². The number of anilines is 1. The number of carbonyl (C=O) groups excluding carboxylic acids is 2. The Kier molecular flexibility index (Phi) is 5.04. The van der Waals surface area contributed by atoms with Crippen LogP contribution in [-0.4, -0.2) is 27.7 Å². The van der Waals surface area contributed by atoms with Crippen molar-refractivity contribution >= 4 is 17.7 Å². The molecule has 1 N–H and O–H groups in total. The zero-order valence-electron chi connectivity index (χ0n) is 13.5. The second kappa shape index (κ2) is 6.20. The van der Waals surface area contributed by atoms with Gasteiger partial charge in [0, 0.05) is 5.41 Å². The molecule has 0 aliphatic rings. The van der Waals surface area contributed by atoms with E-state index in [-0.39, 0.29) is 18.3 Å². The molecular formula is C15H23N3O3. The summed E-state index contributed by atoms with van der Waals surface area (Å²) >= 11 is 0. The van der Waals surface area contributed by atoms with Gasteiger partial charge >= 0.3 is 5.97 Å².